The van der Waals surface area contributed by atoms with Gasteiger partial charge in [-0.3, -0.25) is 0 Å². The zero-order chi connectivity index (χ0) is 14.5. The van der Waals surface area contributed by atoms with Gasteiger partial charge in [-0.1, -0.05) is 38.3 Å². The zero-order valence-electron chi connectivity index (χ0n) is 12.6. The molecule has 0 N–H and O–H groups in total. The molecule has 0 bridgehead atoms. The number of nitrogens with zero attached hydrogens (tertiary/aromatic N) is 3. The first kappa shape index (κ1) is 15.5. The van der Waals surface area contributed by atoms with E-state index >= 15 is 0 Å². The monoisotopic (exact) mass is 297 g/mol. The first-order chi connectivity index (χ1) is 9.60. The molecule has 20 heavy (non-hydrogen) atoms. The molecule has 0 amide bonds. The number of hydrogen-bond donors (Lipinski definition) is 0. The third-order valence-corrected chi connectivity index (χ3v) is 3.82. The molecule has 0 unspecified atom stereocenters. The molecule has 0 spiro atoms. The topological polar surface area (TPSA) is 38.2 Å². The van der Waals surface area contributed by atoms with Gasteiger partial charge in [-0.05, 0) is 18.8 Å². The summed E-state index contributed by atoms with van der Waals surface area (Å²) in [6.45, 7) is 5.87. The fraction of sp³-hybridized carbons (Fsp3) is 0.733. The molecule has 1 heterocycles. The van der Waals surface area contributed by atoms with Gasteiger partial charge in [0.05, 0.1) is 0 Å². The predicted molar refractivity (Wildman–Crippen MR) is 82.2 cm³/mol. The van der Waals surface area contributed by atoms with Gasteiger partial charge in [0.25, 0.3) is 0 Å². The van der Waals surface area contributed by atoms with E-state index in [-0.39, 0.29) is 0 Å². The highest BCUT2D eigenvalue weighted by atomic mass is 35.5. The summed E-state index contributed by atoms with van der Waals surface area (Å²) in [4.78, 5) is 11.2. The maximum Gasteiger partial charge on any atom is 0.158 e. The number of methoxy groups -OCH3 is 1. The van der Waals surface area contributed by atoms with Gasteiger partial charge >= 0.3 is 0 Å². The van der Waals surface area contributed by atoms with E-state index in [0.717, 1.165) is 12.4 Å². The van der Waals surface area contributed by atoms with Crippen LogP contribution in [0, 0.1) is 5.92 Å². The molecule has 0 saturated heterocycles. The summed E-state index contributed by atoms with van der Waals surface area (Å²) in [7, 11) is 1.65. The van der Waals surface area contributed by atoms with Crippen LogP contribution >= 0.6 is 11.6 Å². The molecule has 2 rings (SSSR count). The van der Waals surface area contributed by atoms with Crippen molar-refractivity contribution in [2.24, 2.45) is 5.92 Å². The number of ether oxygens (including phenoxy) is 1. The summed E-state index contributed by atoms with van der Waals surface area (Å²) in [5.74, 6) is 2.19. The first-order valence-electron chi connectivity index (χ1n) is 7.39. The van der Waals surface area contributed by atoms with E-state index in [9.17, 15) is 0 Å². The number of aromatic nitrogens is 2. The van der Waals surface area contributed by atoms with E-state index in [4.69, 9.17) is 16.3 Å². The van der Waals surface area contributed by atoms with Crippen LogP contribution in [0.1, 0.15) is 45.4 Å². The zero-order valence-corrected chi connectivity index (χ0v) is 13.4. The van der Waals surface area contributed by atoms with Gasteiger partial charge in [0.2, 0.25) is 0 Å². The van der Waals surface area contributed by atoms with Crippen molar-refractivity contribution < 1.29 is 4.74 Å². The van der Waals surface area contributed by atoms with Crippen LogP contribution in [0.2, 0.25) is 5.15 Å². The molecule has 4 nitrogen and oxygen atoms in total. The van der Waals surface area contributed by atoms with Crippen LogP contribution < -0.4 is 4.90 Å². The van der Waals surface area contributed by atoms with Crippen molar-refractivity contribution in [3.63, 3.8) is 0 Å². The lowest BCUT2D eigenvalue weighted by Crippen LogP contribution is -2.37. The molecule has 0 atom stereocenters. The van der Waals surface area contributed by atoms with Crippen molar-refractivity contribution in [1.29, 1.82) is 0 Å². The summed E-state index contributed by atoms with van der Waals surface area (Å²) >= 11 is 6.14. The molecule has 0 aromatic carbocycles. The van der Waals surface area contributed by atoms with Gasteiger partial charge in [-0.25, -0.2) is 9.97 Å². The minimum Gasteiger partial charge on any atom is -0.377 e. The van der Waals surface area contributed by atoms with E-state index in [2.05, 4.69) is 28.7 Å². The number of hydrogen-bond acceptors (Lipinski definition) is 4. The van der Waals surface area contributed by atoms with Gasteiger partial charge in [-0.2, -0.15) is 0 Å². The molecule has 1 aliphatic carbocycles. The largest absolute Gasteiger partial charge is 0.377 e. The van der Waals surface area contributed by atoms with Crippen LogP contribution in [-0.4, -0.2) is 29.7 Å². The summed E-state index contributed by atoms with van der Waals surface area (Å²) < 4.78 is 5.12. The molecule has 1 fully saturated rings. The third-order valence-electron chi connectivity index (χ3n) is 3.62. The van der Waals surface area contributed by atoms with Crippen molar-refractivity contribution in [3.8, 4) is 0 Å². The van der Waals surface area contributed by atoms with Crippen molar-refractivity contribution in [3.05, 3.63) is 17.0 Å². The fourth-order valence-electron chi connectivity index (χ4n) is 2.83. The molecule has 1 aliphatic rings. The lowest BCUT2D eigenvalue weighted by molar-refractivity contribution is 0.178. The second kappa shape index (κ2) is 7.23. The molecule has 0 radical (unpaired) electrons. The second-order valence-corrected chi connectivity index (χ2v) is 6.27. The Morgan fingerprint density at radius 1 is 1.35 bits per heavy atom. The fourth-order valence-corrected chi connectivity index (χ4v) is 3.03. The normalized spacial score (nSPS) is 16.1. The molecular formula is C15H24ClN3O. The Morgan fingerprint density at radius 2 is 2.05 bits per heavy atom. The van der Waals surface area contributed by atoms with Gasteiger partial charge in [0.1, 0.15) is 17.6 Å². The summed E-state index contributed by atoms with van der Waals surface area (Å²) in [5, 5.41) is 0.494. The van der Waals surface area contributed by atoms with E-state index in [1.807, 2.05) is 6.07 Å². The Hall–Kier alpha value is -0.870. The van der Waals surface area contributed by atoms with Crippen molar-refractivity contribution >= 4 is 17.4 Å². The van der Waals surface area contributed by atoms with Crippen LogP contribution in [0.3, 0.4) is 0 Å². The summed E-state index contributed by atoms with van der Waals surface area (Å²) in [6, 6.07) is 2.46. The van der Waals surface area contributed by atoms with Crippen molar-refractivity contribution in [2.45, 2.75) is 52.2 Å². The van der Waals surface area contributed by atoms with Crippen LogP contribution in [0.25, 0.3) is 0 Å². The first-order valence-corrected chi connectivity index (χ1v) is 7.77. The Morgan fingerprint density at radius 3 is 2.65 bits per heavy atom. The SMILES string of the molecule is COCc1nc(Cl)cc(N(CC(C)C)C2CCCC2)n1. The van der Waals surface area contributed by atoms with E-state index < -0.39 is 0 Å². The summed E-state index contributed by atoms with van der Waals surface area (Å²) in [5.41, 5.74) is 0. The standard InChI is InChI=1S/C15H24ClN3O/c1-11(2)9-19(12-6-4-5-7-12)15-8-13(16)17-14(18-15)10-20-3/h8,11-12H,4-7,9-10H2,1-3H3. The van der Waals surface area contributed by atoms with E-state index in [1.165, 1.54) is 25.7 Å². The van der Waals surface area contributed by atoms with E-state index in [0.29, 0.717) is 29.5 Å². The number of halogens is 1. The molecule has 1 saturated carbocycles. The van der Waals surface area contributed by atoms with Gasteiger partial charge in [-0.15, -0.1) is 0 Å². The maximum absolute atomic E-state index is 6.14. The minimum absolute atomic E-state index is 0.397. The second-order valence-electron chi connectivity index (χ2n) is 5.88. The van der Waals surface area contributed by atoms with Gasteiger partial charge < -0.3 is 9.64 Å². The average molecular weight is 298 g/mol. The summed E-state index contributed by atoms with van der Waals surface area (Å²) in [6.07, 6.45) is 5.11. The Bertz CT molecular complexity index is 433. The maximum atomic E-state index is 6.14. The lowest BCUT2D eigenvalue weighted by Gasteiger charge is -2.32. The quantitative estimate of drug-likeness (QED) is 0.751. The highest BCUT2D eigenvalue weighted by Crippen LogP contribution is 2.29. The third kappa shape index (κ3) is 4.06. The minimum atomic E-state index is 0.397. The molecule has 1 aromatic heterocycles. The molecule has 0 aliphatic heterocycles. The molecule has 112 valence electrons. The number of anilines is 1. The molecule has 5 heteroatoms. The Kier molecular flexibility index (Phi) is 5.61. The predicted octanol–water partition coefficient (Wildman–Crippen LogP) is 3.68. The van der Waals surface area contributed by atoms with Gasteiger partial charge in [0.15, 0.2) is 5.82 Å². The van der Waals surface area contributed by atoms with Gasteiger partial charge in [0, 0.05) is 25.8 Å². The highest BCUT2D eigenvalue weighted by molar-refractivity contribution is 6.29. The Balaban J connectivity index is 2.26. The van der Waals surface area contributed by atoms with Crippen LogP contribution in [-0.2, 0) is 11.3 Å². The van der Waals surface area contributed by atoms with E-state index in [1.54, 1.807) is 7.11 Å². The van der Waals surface area contributed by atoms with Crippen LogP contribution in [0.15, 0.2) is 6.07 Å². The Labute approximate surface area is 126 Å². The lowest BCUT2D eigenvalue weighted by atomic mass is 10.1. The highest BCUT2D eigenvalue weighted by Gasteiger charge is 2.25. The average Bonchev–Trinajstić information content (AvgIpc) is 2.89. The number of rotatable bonds is 6. The van der Waals surface area contributed by atoms with Crippen molar-refractivity contribution in [1.82, 2.24) is 9.97 Å². The smallest absolute Gasteiger partial charge is 0.158 e. The van der Waals surface area contributed by atoms with Crippen LogP contribution in [0.5, 0.6) is 0 Å². The van der Waals surface area contributed by atoms with Crippen LogP contribution in [0.4, 0.5) is 5.82 Å². The molecular weight excluding hydrogens is 274 g/mol. The molecule has 1 aromatic rings. The van der Waals surface area contributed by atoms with Crippen molar-refractivity contribution in [2.75, 3.05) is 18.6 Å².